The molecule has 2 rings (SSSR count). The van der Waals surface area contributed by atoms with Gasteiger partial charge in [0.05, 0.1) is 12.0 Å². The fourth-order valence-electron chi connectivity index (χ4n) is 4.65. The van der Waals surface area contributed by atoms with Gasteiger partial charge in [0.1, 0.15) is 24.2 Å². The van der Waals surface area contributed by atoms with Gasteiger partial charge in [-0.1, -0.05) is 38.2 Å². The number of imide groups is 1. The van der Waals surface area contributed by atoms with E-state index in [4.69, 9.17) is 9.47 Å². The smallest absolute Gasteiger partial charge is 0.331 e. The van der Waals surface area contributed by atoms with Gasteiger partial charge in [-0.25, -0.2) is 9.18 Å². The number of piperidine rings is 1. The highest BCUT2D eigenvalue weighted by Crippen LogP contribution is 2.26. The number of halogens is 1. The minimum atomic E-state index is -1.35. The molecule has 0 radical (unpaired) electrons. The number of cyclic esters (lactones) is 1. The summed E-state index contributed by atoms with van der Waals surface area (Å²) in [7, 11) is 1.44. The number of ether oxygens (including phenoxy) is 2. The second-order valence-electron chi connectivity index (χ2n) is 9.77. The number of aliphatic hydroxyl groups excluding tert-OH is 1. The van der Waals surface area contributed by atoms with Crippen LogP contribution in [0.2, 0.25) is 0 Å². The van der Waals surface area contributed by atoms with E-state index in [0.29, 0.717) is 18.4 Å². The van der Waals surface area contributed by atoms with Crippen molar-refractivity contribution in [1.82, 2.24) is 5.32 Å². The molecule has 2 aliphatic heterocycles. The molecule has 0 aromatic rings. The summed E-state index contributed by atoms with van der Waals surface area (Å²) in [5, 5.41) is 12.7. The first-order chi connectivity index (χ1) is 17.0. The second-order valence-corrected chi connectivity index (χ2v) is 9.77. The van der Waals surface area contributed by atoms with Crippen LogP contribution in [-0.4, -0.2) is 60.3 Å². The number of rotatable bonds is 7. The van der Waals surface area contributed by atoms with Crippen LogP contribution in [0.25, 0.3) is 0 Å². The summed E-state index contributed by atoms with van der Waals surface area (Å²) in [6.07, 6.45) is 5.31. The number of amides is 2. The molecule has 1 unspecified atom stereocenters. The van der Waals surface area contributed by atoms with Crippen LogP contribution in [0.15, 0.2) is 36.0 Å². The molecule has 2 aliphatic rings. The molecule has 36 heavy (non-hydrogen) atoms. The third-order valence-corrected chi connectivity index (χ3v) is 6.62. The summed E-state index contributed by atoms with van der Waals surface area (Å²) in [5.41, 5.74) is 0.521. The van der Waals surface area contributed by atoms with Crippen molar-refractivity contribution in [2.24, 2.45) is 17.8 Å². The Morgan fingerprint density at radius 2 is 1.86 bits per heavy atom. The zero-order chi connectivity index (χ0) is 26.8. The number of alkyl halides is 1. The van der Waals surface area contributed by atoms with Gasteiger partial charge >= 0.3 is 5.97 Å². The molecule has 0 aromatic heterocycles. The summed E-state index contributed by atoms with van der Waals surface area (Å²) in [5.74, 6) is -3.46. The lowest BCUT2D eigenvalue weighted by Crippen LogP contribution is -2.40. The summed E-state index contributed by atoms with van der Waals surface area (Å²) in [6.45, 7) is 4.98. The van der Waals surface area contributed by atoms with Gasteiger partial charge in [0, 0.05) is 38.4 Å². The minimum absolute atomic E-state index is 0.112. The van der Waals surface area contributed by atoms with E-state index in [9.17, 15) is 24.3 Å². The maximum atomic E-state index is 15.1. The van der Waals surface area contributed by atoms with Gasteiger partial charge in [0.15, 0.2) is 0 Å². The van der Waals surface area contributed by atoms with Crippen molar-refractivity contribution in [1.29, 1.82) is 0 Å². The molecule has 1 fully saturated rings. The lowest BCUT2D eigenvalue weighted by molar-refractivity contribution is -0.145. The van der Waals surface area contributed by atoms with E-state index < -0.39 is 54.1 Å². The standard InChI is InChI=1S/C27H38FNO7/c1-16-11-17(2)27(36-25(34)10-8-6-5-7-9-22(35-4)26(16)28)18(3)21(31)15-20(30)12-19-13-23(32)29-24(33)14-19/h7-11,16,18-20,22,26-27,30H,5-6,12-15H2,1-4H3,(H,29,32,33)/b9-7+,10-8+,17-11-/t16-,18-,20-,22+,26?,27+/m1/s1. The van der Waals surface area contributed by atoms with Gasteiger partial charge in [0.2, 0.25) is 11.8 Å². The van der Waals surface area contributed by atoms with Gasteiger partial charge in [-0.2, -0.15) is 0 Å². The van der Waals surface area contributed by atoms with Crippen molar-refractivity contribution in [2.75, 3.05) is 7.11 Å². The number of aliphatic hydroxyl groups is 1. The van der Waals surface area contributed by atoms with E-state index in [1.54, 1.807) is 39.0 Å². The van der Waals surface area contributed by atoms with E-state index in [-0.39, 0.29) is 37.4 Å². The third kappa shape index (κ3) is 9.09. The largest absolute Gasteiger partial charge is 0.454 e. The first kappa shape index (κ1) is 29.6. The highest BCUT2D eigenvalue weighted by Gasteiger charge is 2.33. The van der Waals surface area contributed by atoms with Crippen LogP contribution in [-0.2, 0) is 28.7 Å². The van der Waals surface area contributed by atoms with Gasteiger partial charge in [-0.3, -0.25) is 19.7 Å². The zero-order valence-electron chi connectivity index (χ0n) is 21.4. The molecular weight excluding hydrogens is 469 g/mol. The van der Waals surface area contributed by atoms with Crippen molar-refractivity contribution in [2.45, 2.75) is 83.8 Å². The first-order valence-electron chi connectivity index (χ1n) is 12.4. The Balaban J connectivity index is 2.17. The molecule has 2 heterocycles. The van der Waals surface area contributed by atoms with Crippen LogP contribution < -0.4 is 5.32 Å². The van der Waals surface area contributed by atoms with E-state index in [1.807, 2.05) is 6.08 Å². The highest BCUT2D eigenvalue weighted by atomic mass is 19.1. The van der Waals surface area contributed by atoms with E-state index >= 15 is 4.39 Å². The summed E-state index contributed by atoms with van der Waals surface area (Å²) in [4.78, 5) is 48.7. The number of methoxy groups -OCH3 is 1. The van der Waals surface area contributed by atoms with Crippen molar-refractivity contribution < 1.29 is 38.1 Å². The van der Waals surface area contributed by atoms with Crippen LogP contribution in [0.1, 0.15) is 59.3 Å². The number of carbonyl (C=O) groups excluding carboxylic acids is 4. The molecule has 1 saturated heterocycles. The number of nitrogens with one attached hydrogen (secondary N) is 1. The predicted molar refractivity (Wildman–Crippen MR) is 131 cm³/mol. The van der Waals surface area contributed by atoms with Crippen LogP contribution in [0.5, 0.6) is 0 Å². The van der Waals surface area contributed by atoms with Gasteiger partial charge in [-0.05, 0) is 37.7 Å². The number of allylic oxidation sites excluding steroid dienone is 3. The van der Waals surface area contributed by atoms with Gasteiger partial charge in [0.25, 0.3) is 0 Å². The normalized spacial score (nSPS) is 31.7. The summed E-state index contributed by atoms with van der Waals surface area (Å²) >= 11 is 0. The number of hydrogen-bond donors (Lipinski definition) is 2. The number of hydrogen-bond acceptors (Lipinski definition) is 7. The lowest BCUT2D eigenvalue weighted by Gasteiger charge is -2.27. The van der Waals surface area contributed by atoms with E-state index in [0.717, 1.165) is 0 Å². The molecule has 200 valence electrons. The Bertz CT molecular complexity index is 881. The average Bonchev–Trinajstić information content (AvgIpc) is 2.79. The SMILES string of the molecule is CO[C@H]1/C=C/CC/C=C/C(=O)O[C@H]([C@H](C)C(=O)C[C@H](O)CC2CC(=O)NC(=O)C2)/C(C)=C\[C@@H](C)C1F. The Kier molecular flexibility index (Phi) is 11.7. The molecule has 0 aliphatic carbocycles. The maximum Gasteiger partial charge on any atom is 0.331 e. The molecule has 9 heteroatoms. The van der Waals surface area contributed by atoms with Crippen LogP contribution in [0.3, 0.4) is 0 Å². The number of Topliss-reactive ketones (excluding diaryl/α,β-unsaturated/α-hetero) is 1. The fourth-order valence-corrected chi connectivity index (χ4v) is 4.65. The minimum Gasteiger partial charge on any atom is -0.454 e. The Labute approximate surface area is 212 Å². The second kappa shape index (κ2) is 14.2. The zero-order valence-corrected chi connectivity index (χ0v) is 21.4. The van der Waals surface area contributed by atoms with Gasteiger partial charge < -0.3 is 14.6 Å². The first-order valence-corrected chi connectivity index (χ1v) is 12.4. The molecule has 6 atom stereocenters. The van der Waals surface area contributed by atoms with Crippen molar-refractivity contribution in [3.05, 3.63) is 36.0 Å². The Morgan fingerprint density at radius 1 is 1.22 bits per heavy atom. The Hall–Kier alpha value is -2.65. The quantitative estimate of drug-likeness (QED) is 0.309. The number of esters is 1. The van der Waals surface area contributed by atoms with E-state index in [2.05, 4.69) is 5.32 Å². The molecule has 2 amide bonds. The fraction of sp³-hybridized carbons (Fsp3) is 0.630. The van der Waals surface area contributed by atoms with Crippen LogP contribution in [0, 0.1) is 17.8 Å². The molecule has 8 nitrogen and oxygen atoms in total. The predicted octanol–water partition coefficient (Wildman–Crippen LogP) is 3.14. The van der Waals surface area contributed by atoms with Gasteiger partial charge in [-0.15, -0.1) is 0 Å². The molecule has 2 N–H and O–H groups in total. The van der Waals surface area contributed by atoms with Crippen molar-refractivity contribution >= 4 is 23.6 Å². The lowest BCUT2D eigenvalue weighted by atomic mass is 9.85. The van der Waals surface area contributed by atoms with Crippen LogP contribution in [0.4, 0.5) is 4.39 Å². The molecule has 0 aromatic carbocycles. The van der Waals surface area contributed by atoms with Crippen LogP contribution >= 0.6 is 0 Å². The highest BCUT2D eigenvalue weighted by molar-refractivity contribution is 5.97. The summed E-state index contributed by atoms with van der Waals surface area (Å²) < 4.78 is 26.0. The molecule has 0 spiro atoms. The third-order valence-electron chi connectivity index (χ3n) is 6.62. The Morgan fingerprint density at radius 3 is 2.50 bits per heavy atom. The van der Waals surface area contributed by atoms with Crippen molar-refractivity contribution in [3.63, 3.8) is 0 Å². The topological polar surface area (TPSA) is 119 Å². The average molecular weight is 508 g/mol. The molecule has 0 bridgehead atoms. The number of ketones is 1. The molecule has 0 saturated carbocycles. The van der Waals surface area contributed by atoms with E-state index in [1.165, 1.54) is 13.2 Å². The summed E-state index contributed by atoms with van der Waals surface area (Å²) in [6, 6.07) is 0. The van der Waals surface area contributed by atoms with Crippen molar-refractivity contribution in [3.8, 4) is 0 Å². The number of carbonyl (C=O) groups is 4. The maximum absolute atomic E-state index is 15.1. The molecular formula is C27H38FNO7. The monoisotopic (exact) mass is 507 g/mol.